The zero-order chi connectivity index (χ0) is 13.0. The van der Waals surface area contributed by atoms with Crippen LogP contribution in [-0.4, -0.2) is 47.0 Å². The van der Waals surface area contributed by atoms with Crippen LogP contribution in [0.1, 0.15) is 32.1 Å². The van der Waals surface area contributed by atoms with Crippen LogP contribution in [0.4, 0.5) is 0 Å². The highest BCUT2D eigenvalue weighted by Crippen LogP contribution is 2.37. The van der Waals surface area contributed by atoms with Gasteiger partial charge in [0.1, 0.15) is 0 Å². The maximum atomic E-state index is 11.7. The van der Waals surface area contributed by atoms with Crippen molar-refractivity contribution >= 4 is 16.8 Å². The van der Waals surface area contributed by atoms with Gasteiger partial charge >= 0.3 is 0 Å². The van der Waals surface area contributed by atoms with Gasteiger partial charge in [0.15, 0.2) is 5.96 Å². The van der Waals surface area contributed by atoms with Crippen LogP contribution < -0.4 is 11.1 Å². The first-order valence-electron chi connectivity index (χ1n) is 6.61. The Hall–Kier alpha value is -0.620. The minimum atomic E-state index is -0.820. The minimum Gasteiger partial charge on any atom is -0.376 e. The van der Waals surface area contributed by atoms with Gasteiger partial charge in [0.2, 0.25) is 0 Å². The molecule has 2 atom stereocenters. The Bertz CT molecular complexity index is 336. The molecule has 1 heterocycles. The molecule has 5 nitrogen and oxygen atoms in total. The van der Waals surface area contributed by atoms with E-state index in [0.29, 0.717) is 12.5 Å². The summed E-state index contributed by atoms with van der Waals surface area (Å²) >= 11 is 0. The summed E-state index contributed by atoms with van der Waals surface area (Å²) in [6.07, 6.45) is 7.39. The molecule has 1 aliphatic carbocycles. The number of aliphatic imine (C=N–C) groups is 1. The highest BCUT2D eigenvalue weighted by Gasteiger charge is 2.40. The lowest BCUT2D eigenvalue weighted by atomic mass is 9.84. The van der Waals surface area contributed by atoms with Crippen LogP contribution >= 0.6 is 0 Å². The molecule has 2 rings (SSSR count). The molecule has 0 aromatic rings. The molecule has 18 heavy (non-hydrogen) atoms. The molecule has 1 aliphatic heterocycles. The summed E-state index contributed by atoms with van der Waals surface area (Å²) in [4.78, 5) is 4.34. The molecule has 0 amide bonds. The Morgan fingerprint density at radius 1 is 1.56 bits per heavy atom. The molecule has 0 aromatic carbocycles. The molecule has 1 saturated heterocycles. The zero-order valence-electron chi connectivity index (χ0n) is 11.0. The number of nitrogens with one attached hydrogen (secondary N) is 1. The molecule has 2 aliphatic rings. The predicted octanol–water partition coefficient (Wildman–Crippen LogP) is 0.371. The van der Waals surface area contributed by atoms with Gasteiger partial charge in [-0.1, -0.05) is 6.42 Å². The lowest BCUT2D eigenvalue weighted by Gasteiger charge is -2.38. The van der Waals surface area contributed by atoms with E-state index in [-0.39, 0.29) is 10.9 Å². The van der Waals surface area contributed by atoms with Crippen LogP contribution in [0.15, 0.2) is 4.99 Å². The van der Waals surface area contributed by atoms with E-state index in [1.54, 1.807) is 6.26 Å². The maximum absolute atomic E-state index is 11.7. The van der Waals surface area contributed by atoms with Crippen LogP contribution in [0.2, 0.25) is 0 Å². The average molecular weight is 273 g/mol. The molecule has 104 valence electrons. The van der Waals surface area contributed by atoms with Gasteiger partial charge in [-0.3, -0.25) is 9.20 Å². The first-order valence-corrected chi connectivity index (χ1v) is 8.17. The van der Waals surface area contributed by atoms with Crippen LogP contribution in [0.25, 0.3) is 0 Å². The van der Waals surface area contributed by atoms with Crippen molar-refractivity contribution in [3.05, 3.63) is 0 Å². The fraction of sp³-hybridized carbons (Fsp3) is 0.917. The predicted molar refractivity (Wildman–Crippen MR) is 74.1 cm³/mol. The summed E-state index contributed by atoms with van der Waals surface area (Å²) in [5.74, 6) is 0.447. The van der Waals surface area contributed by atoms with Crippen LogP contribution in [-0.2, 0) is 15.5 Å². The third-order valence-electron chi connectivity index (χ3n) is 3.95. The Morgan fingerprint density at radius 3 is 2.83 bits per heavy atom. The summed E-state index contributed by atoms with van der Waals surface area (Å²) in [7, 11) is -0.820. The number of nitrogens with zero attached hydrogens (tertiary/aromatic N) is 1. The van der Waals surface area contributed by atoms with Crippen molar-refractivity contribution in [1.82, 2.24) is 5.32 Å². The van der Waals surface area contributed by atoms with Crippen molar-refractivity contribution < 1.29 is 8.95 Å². The van der Waals surface area contributed by atoms with E-state index in [2.05, 4.69) is 10.3 Å². The average Bonchev–Trinajstić information content (AvgIpc) is 2.77. The second kappa shape index (κ2) is 6.02. The van der Waals surface area contributed by atoms with E-state index in [9.17, 15) is 4.21 Å². The van der Waals surface area contributed by atoms with Crippen molar-refractivity contribution in [2.24, 2.45) is 10.7 Å². The van der Waals surface area contributed by atoms with Gasteiger partial charge in [-0.25, -0.2) is 0 Å². The summed E-state index contributed by atoms with van der Waals surface area (Å²) in [5.41, 5.74) is 5.82. The third kappa shape index (κ3) is 3.23. The van der Waals surface area contributed by atoms with Gasteiger partial charge in [-0.05, 0) is 25.7 Å². The Kier molecular flexibility index (Phi) is 4.61. The Balaban J connectivity index is 1.75. The number of rotatable bonds is 5. The summed E-state index contributed by atoms with van der Waals surface area (Å²) < 4.78 is 17.1. The second-order valence-electron chi connectivity index (χ2n) is 5.21. The van der Waals surface area contributed by atoms with E-state index in [4.69, 9.17) is 10.5 Å². The monoisotopic (exact) mass is 273 g/mol. The number of nitrogens with two attached hydrogens (primary N) is 1. The van der Waals surface area contributed by atoms with Crippen molar-refractivity contribution in [3.8, 4) is 0 Å². The van der Waals surface area contributed by atoms with Crippen LogP contribution in [0, 0.1) is 0 Å². The quantitative estimate of drug-likeness (QED) is 0.560. The highest BCUT2D eigenvalue weighted by atomic mass is 32.2. The summed E-state index contributed by atoms with van der Waals surface area (Å²) in [5, 5.41) is 3.09. The van der Waals surface area contributed by atoms with Gasteiger partial charge in [0.25, 0.3) is 0 Å². The molecule has 2 unspecified atom stereocenters. The molecular formula is C12H23N3O2S. The lowest BCUT2D eigenvalue weighted by Crippen LogP contribution is -2.45. The number of guanidine groups is 1. The van der Waals surface area contributed by atoms with E-state index in [1.165, 1.54) is 0 Å². The Labute approximate surface area is 111 Å². The van der Waals surface area contributed by atoms with Gasteiger partial charge in [0.05, 0.1) is 17.4 Å². The zero-order valence-corrected chi connectivity index (χ0v) is 11.8. The topological polar surface area (TPSA) is 76.7 Å². The molecular weight excluding hydrogens is 250 g/mol. The molecule has 0 spiro atoms. The van der Waals surface area contributed by atoms with Crippen LogP contribution in [0.3, 0.4) is 0 Å². The normalized spacial score (nSPS) is 28.7. The fourth-order valence-corrected chi connectivity index (χ4v) is 3.53. The van der Waals surface area contributed by atoms with Gasteiger partial charge in [-0.2, -0.15) is 0 Å². The fourth-order valence-electron chi connectivity index (χ4n) is 2.42. The van der Waals surface area contributed by atoms with Gasteiger partial charge < -0.3 is 15.8 Å². The molecule has 0 bridgehead atoms. The first-order chi connectivity index (χ1) is 8.62. The number of hydrogen-bond donors (Lipinski definition) is 2. The standard InChI is InChI=1S/C12H23N3O2S/c1-18(16)12(5-3-6-12)9-15-11(13)14-8-10-4-2-7-17-10/h10H,2-9H2,1H3,(H3,13,14,15). The van der Waals surface area contributed by atoms with E-state index in [0.717, 1.165) is 45.3 Å². The van der Waals surface area contributed by atoms with Crippen LogP contribution in [0.5, 0.6) is 0 Å². The third-order valence-corrected chi connectivity index (χ3v) is 5.70. The SMILES string of the molecule is CS(=O)C1(CN=C(N)NCC2CCCO2)CCC1. The van der Waals surface area contributed by atoms with Crippen molar-refractivity contribution in [2.75, 3.05) is 26.0 Å². The minimum absolute atomic E-state index is 0.115. The largest absolute Gasteiger partial charge is 0.376 e. The van der Waals surface area contributed by atoms with Gasteiger partial charge in [-0.15, -0.1) is 0 Å². The summed E-state index contributed by atoms with van der Waals surface area (Å²) in [6, 6.07) is 0. The second-order valence-corrected chi connectivity index (χ2v) is 6.98. The maximum Gasteiger partial charge on any atom is 0.188 e. The molecule has 0 aromatic heterocycles. The van der Waals surface area contributed by atoms with Crippen molar-refractivity contribution in [3.63, 3.8) is 0 Å². The van der Waals surface area contributed by atoms with Gasteiger partial charge in [0, 0.05) is 30.2 Å². The number of hydrogen-bond acceptors (Lipinski definition) is 3. The molecule has 2 fully saturated rings. The molecule has 0 radical (unpaired) electrons. The Morgan fingerprint density at radius 2 is 2.33 bits per heavy atom. The van der Waals surface area contributed by atoms with Crippen molar-refractivity contribution in [1.29, 1.82) is 0 Å². The molecule has 3 N–H and O–H groups in total. The van der Waals surface area contributed by atoms with E-state index >= 15 is 0 Å². The molecule has 6 heteroatoms. The highest BCUT2D eigenvalue weighted by molar-refractivity contribution is 7.85. The smallest absolute Gasteiger partial charge is 0.188 e. The van der Waals surface area contributed by atoms with Crippen molar-refractivity contribution in [2.45, 2.75) is 43.0 Å². The van der Waals surface area contributed by atoms with E-state index in [1.807, 2.05) is 0 Å². The number of ether oxygens (including phenoxy) is 1. The molecule has 1 saturated carbocycles. The summed E-state index contributed by atoms with van der Waals surface area (Å²) in [6.45, 7) is 2.14. The lowest BCUT2D eigenvalue weighted by molar-refractivity contribution is 0.114. The first kappa shape index (κ1) is 13.8. The van der Waals surface area contributed by atoms with E-state index < -0.39 is 10.8 Å².